The Balaban J connectivity index is 2.10. The average Bonchev–Trinajstić information content (AvgIpc) is 2.67. The second kappa shape index (κ2) is 8.59. The number of nitro groups is 1. The largest absolute Gasteiger partial charge is 0.494 e. The van der Waals surface area contributed by atoms with Crippen LogP contribution in [0.5, 0.6) is 5.75 Å². The van der Waals surface area contributed by atoms with Gasteiger partial charge >= 0.3 is 12.1 Å². The molecular formula is C18H15F3N2O6. The van der Waals surface area contributed by atoms with Gasteiger partial charge in [-0.15, -0.1) is 0 Å². The van der Waals surface area contributed by atoms with Crippen molar-refractivity contribution in [3.63, 3.8) is 0 Å². The summed E-state index contributed by atoms with van der Waals surface area (Å²) >= 11 is 0. The molecule has 0 aliphatic heterocycles. The summed E-state index contributed by atoms with van der Waals surface area (Å²) in [6.07, 6.45) is -6.00. The Bertz CT molecular complexity index is 945. The van der Waals surface area contributed by atoms with E-state index in [0.29, 0.717) is 6.07 Å². The van der Waals surface area contributed by atoms with Gasteiger partial charge in [0.05, 0.1) is 34.9 Å². The van der Waals surface area contributed by atoms with Crippen LogP contribution in [0.4, 0.5) is 24.5 Å². The van der Waals surface area contributed by atoms with E-state index in [2.05, 4.69) is 5.32 Å². The summed E-state index contributed by atoms with van der Waals surface area (Å²) in [4.78, 5) is 34.4. The van der Waals surface area contributed by atoms with Crippen molar-refractivity contribution in [1.82, 2.24) is 0 Å². The molecule has 2 rings (SSSR count). The third kappa shape index (κ3) is 5.43. The van der Waals surface area contributed by atoms with Gasteiger partial charge < -0.3 is 14.8 Å². The van der Waals surface area contributed by atoms with E-state index in [-0.39, 0.29) is 22.7 Å². The Labute approximate surface area is 162 Å². The molecule has 2 aromatic rings. The van der Waals surface area contributed by atoms with Gasteiger partial charge in [-0.25, -0.2) is 4.79 Å². The summed E-state index contributed by atoms with van der Waals surface area (Å²) in [5.41, 5.74) is -1.57. The second-order valence-corrected chi connectivity index (χ2v) is 5.76. The fourth-order valence-electron chi connectivity index (χ4n) is 2.24. The highest BCUT2D eigenvalue weighted by Crippen LogP contribution is 2.30. The summed E-state index contributed by atoms with van der Waals surface area (Å²) in [7, 11) is 1.24. The molecule has 0 saturated carbocycles. The Morgan fingerprint density at radius 3 is 2.45 bits per heavy atom. The molecule has 8 nitrogen and oxygen atoms in total. The number of methoxy groups -OCH3 is 1. The first-order valence-corrected chi connectivity index (χ1v) is 8.04. The van der Waals surface area contributed by atoms with Crippen LogP contribution in [0.3, 0.4) is 0 Å². The zero-order valence-corrected chi connectivity index (χ0v) is 15.1. The van der Waals surface area contributed by atoms with E-state index in [0.717, 1.165) is 30.3 Å². The second-order valence-electron chi connectivity index (χ2n) is 5.76. The number of esters is 1. The van der Waals surface area contributed by atoms with E-state index in [9.17, 15) is 32.9 Å². The van der Waals surface area contributed by atoms with E-state index < -0.39 is 34.6 Å². The summed E-state index contributed by atoms with van der Waals surface area (Å²) in [6.45, 7) is 1.22. The lowest BCUT2D eigenvalue weighted by atomic mass is 10.1. The third-order valence-corrected chi connectivity index (χ3v) is 3.73. The van der Waals surface area contributed by atoms with E-state index >= 15 is 0 Å². The van der Waals surface area contributed by atoms with Crippen LogP contribution in [0, 0.1) is 10.1 Å². The van der Waals surface area contributed by atoms with Crippen LogP contribution in [0.2, 0.25) is 0 Å². The first kappa shape index (κ1) is 21.7. The van der Waals surface area contributed by atoms with Crippen LogP contribution in [0.15, 0.2) is 42.5 Å². The summed E-state index contributed by atoms with van der Waals surface area (Å²) in [5, 5.41) is 13.2. The molecule has 0 spiro atoms. The monoisotopic (exact) mass is 412 g/mol. The molecule has 2 aromatic carbocycles. The van der Waals surface area contributed by atoms with Crippen molar-refractivity contribution in [1.29, 1.82) is 0 Å². The number of nitrogens with zero attached hydrogens (tertiary/aromatic N) is 1. The highest BCUT2D eigenvalue weighted by molar-refractivity contribution is 5.98. The number of anilines is 1. The van der Waals surface area contributed by atoms with Crippen LogP contribution in [-0.2, 0) is 15.7 Å². The Morgan fingerprint density at radius 2 is 1.86 bits per heavy atom. The van der Waals surface area contributed by atoms with Gasteiger partial charge in [-0.3, -0.25) is 14.9 Å². The quantitative estimate of drug-likeness (QED) is 0.439. The molecule has 0 aliphatic rings. The normalized spacial score (nSPS) is 12.0. The molecule has 1 N–H and O–H groups in total. The number of carbonyl (C=O) groups excluding carboxylic acids is 2. The molecule has 0 saturated heterocycles. The lowest BCUT2D eigenvalue weighted by Gasteiger charge is -2.15. The molecular weight excluding hydrogens is 397 g/mol. The smallest absolute Gasteiger partial charge is 0.416 e. The minimum absolute atomic E-state index is 0.00366. The van der Waals surface area contributed by atoms with Gasteiger partial charge in [0.15, 0.2) is 6.10 Å². The van der Waals surface area contributed by atoms with Crippen molar-refractivity contribution in [2.24, 2.45) is 0 Å². The number of rotatable bonds is 6. The van der Waals surface area contributed by atoms with Crippen molar-refractivity contribution in [2.45, 2.75) is 19.2 Å². The number of hydrogen-bond acceptors (Lipinski definition) is 6. The van der Waals surface area contributed by atoms with Gasteiger partial charge in [0.1, 0.15) is 5.75 Å². The molecule has 1 amide bonds. The van der Waals surface area contributed by atoms with E-state index in [4.69, 9.17) is 9.47 Å². The van der Waals surface area contributed by atoms with Gasteiger partial charge in [0.25, 0.3) is 11.6 Å². The molecule has 0 heterocycles. The SMILES string of the molecule is COc1cc([N+](=O)[O-])ccc1NC(=O)[C@H](C)OC(=O)c1cccc(C(F)(F)F)c1. The first-order valence-electron chi connectivity index (χ1n) is 8.04. The fourth-order valence-corrected chi connectivity index (χ4v) is 2.24. The predicted molar refractivity (Wildman–Crippen MR) is 94.6 cm³/mol. The Hall–Kier alpha value is -3.63. The molecule has 154 valence electrons. The van der Waals surface area contributed by atoms with Crippen LogP contribution in [0.25, 0.3) is 0 Å². The maximum absolute atomic E-state index is 12.7. The van der Waals surface area contributed by atoms with Crippen molar-refractivity contribution < 1.29 is 37.2 Å². The highest BCUT2D eigenvalue weighted by Gasteiger charge is 2.31. The molecule has 0 fully saturated rings. The Kier molecular flexibility index (Phi) is 6.42. The lowest BCUT2D eigenvalue weighted by molar-refractivity contribution is -0.384. The number of nitro benzene ring substituents is 1. The number of non-ortho nitro benzene ring substituents is 1. The number of ether oxygens (including phenoxy) is 2. The minimum atomic E-state index is -4.63. The topological polar surface area (TPSA) is 108 Å². The fraction of sp³-hybridized carbons (Fsp3) is 0.222. The lowest BCUT2D eigenvalue weighted by Crippen LogP contribution is -2.30. The summed E-state index contributed by atoms with van der Waals surface area (Å²) < 4.78 is 48.1. The first-order chi connectivity index (χ1) is 13.5. The maximum atomic E-state index is 12.7. The van der Waals surface area contributed by atoms with Gasteiger partial charge in [0.2, 0.25) is 0 Å². The van der Waals surface area contributed by atoms with Gasteiger partial charge in [-0.05, 0) is 31.2 Å². The molecule has 11 heteroatoms. The zero-order chi connectivity index (χ0) is 21.8. The summed E-state index contributed by atoms with van der Waals surface area (Å²) in [6, 6.07) is 7.05. The molecule has 0 bridgehead atoms. The number of amides is 1. The summed E-state index contributed by atoms with van der Waals surface area (Å²) in [5.74, 6) is -1.92. The number of hydrogen-bond donors (Lipinski definition) is 1. The number of alkyl halides is 3. The van der Waals surface area contributed by atoms with Crippen molar-refractivity contribution in [3.05, 3.63) is 63.7 Å². The number of halogens is 3. The molecule has 1 atom stereocenters. The van der Waals surface area contributed by atoms with Crippen molar-refractivity contribution in [2.75, 3.05) is 12.4 Å². The maximum Gasteiger partial charge on any atom is 0.416 e. The van der Waals surface area contributed by atoms with Crippen molar-refractivity contribution >= 4 is 23.3 Å². The molecule has 0 aliphatic carbocycles. The standard InChI is InChI=1S/C18H15F3N2O6/c1-10(29-17(25)11-4-3-5-12(8-11)18(19,20)21)16(24)22-14-7-6-13(23(26)27)9-15(14)28-2/h3-10H,1-2H3,(H,22,24)/t10-/m0/s1. The highest BCUT2D eigenvalue weighted by atomic mass is 19.4. The molecule has 0 radical (unpaired) electrons. The van der Waals surface area contributed by atoms with Gasteiger partial charge in [-0.2, -0.15) is 13.2 Å². The van der Waals surface area contributed by atoms with Crippen LogP contribution >= 0.6 is 0 Å². The predicted octanol–water partition coefficient (Wildman–Crippen LogP) is 3.81. The van der Waals surface area contributed by atoms with E-state index in [1.54, 1.807) is 0 Å². The van der Waals surface area contributed by atoms with Crippen LogP contribution in [-0.4, -0.2) is 30.0 Å². The van der Waals surface area contributed by atoms with Gasteiger partial charge in [-0.1, -0.05) is 6.07 Å². The Morgan fingerprint density at radius 1 is 1.17 bits per heavy atom. The molecule has 29 heavy (non-hydrogen) atoms. The number of nitrogens with one attached hydrogen (secondary N) is 1. The minimum Gasteiger partial charge on any atom is -0.494 e. The van der Waals surface area contributed by atoms with Crippen molar-refractivity contribution in [3.8, 4) is 5.75 Å². The average molecular weight is 412 g/mol. The van der Waals surface area contributed by atoms with E-state index in [1.165, 1.54) is 20.1 Å². The third-order valence-electron chi connectivity index (χ3n) is 3.73. The molecule has 0 unspecified atom stereocenters. The zero-order valence-electron chi connectivity index (χ0n) is 15.1. The number of benzene rings is 2. The van der Waals surface area contributed by atoms with Gasteiger partial charge in [0, 0.05) is 6.07 Å². The van der Waals surface area contributed by atoms with Crippen LogP contribution < -0.4 is 10.1 Å². The number of carbonyl (C=O) groups is 2. The molecule has 0 aromatic heterocycles. The van der Waals surface area contributed by atoms with Crippen LogP contribution in [0.1, 0.15) is 22.8 Å². The van der Waals surface area contributed by atoms with E-state index in [1.807, 2.05) is 0 Å².